The number of carbonyl (C=O) groups is 3. The summed E-state index contributed by atoms with van der Waals surface area (Å²) in [7, 11) is 2.96. The van der Waals surface area contributed by atoms with Crippen molar-refractivity contribution in [1.29, 1.82) is 0 Å². The van der Waals surface area contributed by atoms with E-state index in [0.29, 0.717) is 28.5 Å². The summed E-state index contributed by atoms with van der Waals surface area (Å²) in [5.74, 6) is -1.65. The minimum Gasteiger partial charge on any atom is -0.507 e. The smallest absolute Gasteiger partial charge is 0.350 e. The summed E-state index contributed by atoms with van der Waals surface area (Å²) in [5.41, 5.74) is 1.82. The average molecular weight is 627 g/mol. The third-order valence-electron chi connectivity index (χ3n) is 7.04. The van der Waals surface area contributed by atoms with Crippen LogP contribution in [0.3, 0.4) is 0 Å². The van der Waals surface area contributed by atoms with Crippen LogP contribution in [0.1, 0.15) is 38.1 Å². The van der Waals surface area contributed by atoms with E-state index >= 15 is 0 Å². The molecule has 2 heterocycles. The van der Waals surface area contributed by atoms with E-state index in [9.17, 15) is 19.5 Å². The van der Waals surface area contributed by atoms with E-state index in [-0.39, 0.29) is 34.4 Å². The Bertz CT molecular complexity index is 1800. The third kappa shape index (κ3) is 6.29. The summed E-state index contributed by atoms with van der Waals surface area (Å²) in [6.45, 7) is 5.44. The quantitative estimate of drug-likeness (QED) is 0.0700. The molecule has 5 rings (SSSR count). The predicted octanol–water partition coefficient (Wildman–Crippen LogP) is 6.02. The van der Waals surface area contributed by atoms with Gasteiger partial charge in [0, 0.05) is 5.56 Å². The number of nitrogens with zero attached hydrogens (tertiary/aromatic N) is 2. The first-order valence-electron chi connectivity index (χ1n) is 13.8. The number of aliphatic hydroxyl groups is 1. The number of esters is 1. The summed E-state index contributed by atoms with van der Waals surface area (Å²) in [4.78, 5) is 45.9. The number of ether oxygens (including phenoxy) is 4. The van der Waals surface area contributed by atoms with Crippen molar-refractivity contribution in [1.82, 2.24) is 4.98 Å². The van der Waals surface area contributed by atoms with Crippen LogP contribution in [0.2, 0.25) is 0 Å². The number of hydrogen-bond donors (Lipinski definition) is 1. The molecule has 1 amide bonds. The number of aliphatic hydroxyl groups excluding tert-OH is 1. The van der Waals surface area contributed by atoms with Crippen LogP contribution in [0.25, 0.3) is 5.76 Å². The maximum Gasteiger partial charge on any atom is 0.350 e. The molecule has 0 radical (unpaired) electrons. The zero-order valence-corrected chi connectivity index (χ0v) is 25.6. The highest BCUT2D eigenvalue weighted by atomic mass is 32.1. The van der Waals surface area contributed by atoms with Gasteiger partial charge < -0.3 is 24.1 Å². The molecule has 10 nitrogen and oxygen atoms in total. The van der Waals surface area contributed by atoms with Gasteiger partial charge in [0.15, 0.2) is 16.6 Å². The topological polar surface area (TPSA) is 124 Å². The average Bonchev–Trinajstić information content (AvgIpc) is 3.58. The van der Waals surface area contributed by atoms with E-state index < -0.39 is 29.5 Å². The van der Waals surface area contributed by atoms with Gasteiger partial charge in [0.25, 0.3) is 5.78 Å². The fraction of sp³-hybridized carbons (Fsp3) is 0.176. The molecule has 1 aliphatic heterocycles. The van der Waals surface area contributed by atoms with Gasteiger partial charge in [-0.15, -0.1) is 0 Å². The number of Topliss-reactive ketones (excluding diaryl/α,β-unsaturated/α-hetero) is 1. The molecule has 1 N–H and O–H groups in total. The van der Waals surface area contributed by atoms with Gasteiger partial charge in [0.05, 0.1) is 31.5 Å². The first-order valence-corrected chi connectivity index (χ1v) is 14.6. The number of rotatable bonds is 11. The van der Waals surface area contributed by atoms with Gasteiger partial charge in [-0.3, -0.25) is 14.5 Å². The molecule has 0 saturated carbocycles. The fourth-order valence-corrected chi connectivity index (χ4v) is 5.84. The number of carbonyl (C=O) groups excluding carboxylic acids is 3. The number of amides is 1. The monoisotopic (exact) mass is 626 g/mol. The number of anilines is 1. The predicted molar refractivity (Wildman–Crippen MR) is 169 cm³/mol. The van der Waals surface area contributed by atoms with E-state index in [1.165, 1.54) is 25.2 Å². The fourth-order valence-electron chi connectivity index (χ4n) is 4.85. The van der Waals surface area contributed by atoms with Crippen molar-refractivity contribution in [2.45, 2.75) is 19.6 Å². The Kier molecular flexibility index (Phi) is 9.29. The molecule has 1 atom stereocenters. The van der Waals surface area contributed by atoms with Crippen LogP contribution in [0.15, 0.2) is 91.0 Å². The Balaban J connectivity index is 1.63. The van der Waals surface area contributed by atoms with E-state index in [1.54, 1.807) is 49.4 Å². The van der Waals surface area contributed by atoms with Gasteiger partial charge in [-0.25, -0.2) is 9.78 Å². The highest BCUT2D eigenvalue weighted by Gasteiger charge is 2.48. The van der Waals surface area contributed by atoms with Crippen LogP contribution >= 0.6 is 11.3 Å². The van der Waals surface area contributed by atoms with E-state index in [2.05, 4.69) is 11.6 Å². The highest BCUT2D eigenvalue weighted by Crippen LogP contribution is 2.45. The Labute approximate surface area is 263 Å². The molecule has 1 unspecified atom stereocenters. The molecule has 3 aromatic carbocycles. The third-order valence-corrected chi connectivity index (χ3v) is 8.17. The molecule has 230 valence electrons. The van der Waals surface area contributed by atoms with Crippen LogP contribution in [0.4, 0.5) is 5.13 Å². The maximum absolute atomic E-state index is 13.7. The van der Waals surface area contributed by atoms with E-state index in [4.69, 9.17) is 18.9 Å². The molecule has 1 aliphatic rings. The maximum atomic E-state index is 13.7. The number of benzene rings is 3. The summed E-state index contributed by atoms with van der Waals surface area (Å²) in [6.07, 6.45) is 1.44. The minimum atomic E-state index is -1.13. The van der Waals surface area contributed by atoms with Crippen molar-refractivity contribution < 1.29 is 38.4 Å². The van der Waals surface area contributed by atoms with Crippen LogP contribution in [-0.2, 0) is 20.9 Å². The Morgan fingerprint density at radius 1 is 1.02 bits per heavy atom. The minimum absolute atomic E-state index is 0.00492. The number of thiazole rings is 1. The Morgan fingerprint density at radius 2 is 1.80 bits per heavy atom. The summed E-state index contributed by atoms with van der Waals surface area (Å²) in [5, 5.41) is 11.6. The van der Waals surface area contributed by atoms with Gasteiger partial charge in [0.2, 0.25) is 0 Å². The normalized spacial score (nSPS) is 15.5. The van der Waals surface area contributed by atoms with Crippen LogP contribution in [-0.4, -0.2) is 48.6 Å². The molecule has 1 fully saturated rings. The number of methoxy groups -OCH3 is 2. The number of aryl methyl sites for hydroxylation is 1. The van der Waals surface area contributed by atoms with Crippen LogP contribution < -0.4 is 19.1 Å². The zero-order valence-electron chi connectivity index (χ0n) is 24.8. The molecular formula is C34H30N2O8S. The van der Waals surface area contributed by atoms with Crippen molar-refractivity contribution >= 4 is 39.9 Å². The molecule has 1 saturated heterocycles. The van der Waals surface area contributed by atoms with Crippen molar-refractivity contribution in [3.05, 3.63) is 118 Å². The Hall–Kier alpha value is -5.42. The zero-order chi connectivity index (χ0) is 32.1. The summed E-state index contributed by atoms with van der Waals surface area (Å²) >= 11 is 0.907. The number of hydrogen-bond acceptors (Lipinski definition) is 10. The van der Waals surface area contributed by atoms with Crippen molar-refractivity contribution in [2.75, 3.05) is 25.7 Å². The van der Waals surface area contributed by atoms with E-state index in [1.807, 2.05) is 30.3 Å². The van der Waals surface area contributed by atoms with Gasteiger partial charge >= 0.3 is 11.9 Å². The lowest BCUT2D eigenvalue weighted by Crippen LogP contribution is -2.29. The molecule has 11 heteroatoms. The summed E-state index contributed by atoms with van der Waals surface area (Å²) < 4.78 is 22.1. The lowest BCUT2D eigenvalue weighted by atomic mass is 9.95. The van der Waals surface area contributed by atoms with Gasteiger partial charge in [-0.2, -0.15) is 0 Å². The molecular weight excluding hydrogens is 596 g/mol. The first-order chi connectivity index (χ1) is 21.8. The second-order valence-corrected chi connectivity index (χ2v) is 10.9. The molecule has 0 bridgehead atoms. The van der Waals surface area contributed by atoms with Gasteiger partial charge in [-0.05, 0) is 42.3 Å². The summed E-state index contributed by atoms with van der Waals surface area (Å²) in [6, 6.07) is 20.0. The second-order valence-electron chi connectivity index (χ2n) is 9.88. The molecule has 4 aromatic rings. The molecule has 0 aliphatic carbocycles. The number of ketones is 1. The van der Waals surface area contributed by atoms with Crippen LogP contribution in [0, 0.1) is 6.92 Å². The van der Waals surface area contributed by atoms with Gasteiger partial charge in [-0.1, -0.05) is 72.5 Å². The highest BCUT2D eigenvalue weighted by molar-refractivity contribution is 7.17. The largest absolute Gasteiger partial charge is 0.507 e. The van der Waals surface area contributed by atoms with Crippen molar-refractivity contribution in [3.8, 4) is 17.2 Å². The van der Waals surface area contributed by atoms with Gasteiger partial charge in [0.1, 0.15) is 29.6 Å². The SMILES string of the molecule is C=CCOC(=O)c1sc(N2C(=O)C(=O)/C(=C(/O)c3cccc(OC)c3)C2c2ccc(OCc3ccccc3)c(OC)c2)nc1C. The lowest BCUT2D eigenvalue weighted by molar-refractivity contribution is -0.132. The standard InChI is InChI=1S/C34H30N2O8S/c1-5-16-43-33(40)31-20(2)35-34(45-31)36-28(27(30(38)32(36)39)29(37)23-12-9-13-24(17-23)41-3)22-14-15-25(26(18-22)42-4)44-19-21-10-7-6-8-11-21/h5-15,17-18,28,37H,1,16,19H2,2-4H3/b29-27+. The first kappa shape index (κ1) is 31.0. The molecule has 45 heavy (non-hydrogen) atoms. The van der Waals surface area contributed by atoms with Crippen molar-refractivity contribution in [3.63, 3.8) is 0 Å². The molecule has 0 spiro atoms. The number of aromatic nitrogens is 1. The van der Waals surface area contributed by atoms with E-state index in [0.717, 1.165) is 16.9 Å². The van der Waals surface area contributed by atoms with Crippen molar-refractivity contribution in [2.24, 2.45) is 0 Å². The lowest BCUT2D eigenvalue weighted by Gasteiger charge is -2.24. The molecule has 1 aromatic heterocycles. The Morgan fingerprint density at radius 3 is 2.51 bits per heavy atom. The van der Waals surface area contributed by atoms with Crippen LogP contribution in [0.5, 0.6) is 17.2 Å². The second kappa shape index (κ2) is 13.5.